The summed E-state index contributed by atoms with van der Waals surface area (Å²) in [7, 11) is -5.98. The van der Waals surface area contributed by atoms with Gasteiger partial charge in [0, 0.05) is 19.3 Å². The monoisotopic (exact) mass is 271 g/mol. The average molecular weight is 271 g/mol. The molecule has 0 spiro atoms. The van der Waals surface area contributed by atoms with Crippen molar-refractivity contribution in [1.82, 2.24) is 5.32 Å². The average Bonchev–Trinajstić information content (AvgIpc) is 1.98. The van der Waals surface area contributed by atoms with Gasteiger partial charge in [-0.3, -0.25) is 0 Å². The molecular formula is C9H21NO4S2. The number of hydrogen-bond acceptors (Lipinski definition) is 5. The first kappa shape index (κ1) is 15.9. The minimum atomic E-state index is -3.01. The predicted octanol–water partition coefficient (Wildman–Crippen LogP) is -0.309. The Kier molecular flexibility index (Phi) is 6.50. The molecule has 0 aromatic carbocycles. The van der Waals surface area contributed by atoms with E-state index in [-0.39, 0.29) is 23.2 Å². The molecule has 0 amide bonds. The summed E-state index contributed by atoms with van der Waals surface area (Å²) in [6, 6.07) is 0. The van der Waals surface area contributed by atoms with E-state index in [1.807, 2.05) is 13.8 Å². The van der Waals surface area contributed by atoms with Crippen LogP contribution in [0.15, 0.2) is 0 Å². The summed E-state index contributed by atoms with van der Waals surface area (Å²) in [5, 5.41) is 2.81. The Bertz CT molecular complexity index is 384. The fraction of sp³-hybridized carbons (Fsp3) is 1.00. The van der Waals surface area contributed by atoms with Crippen molar-refractivity contribution in [2.45, 2.75) is 13.8 Å². The number of rotatable bonds is 8. The SMILES string of the molecule is CC(C)CS(=O)(=O)CCNCCS(C)(=O)=O. The van der Waals surface area contributed by atoms with Crippen LogP contribution in [0.5, 0.6) is 0 Å². The zero-order valence-corrected chi connectivity index (χ0v) is 11.7. The molecule has 0 aromatic rings. The van der Waals surface area contributed by atoms with Crippen LogP contribution in [0.2, 0.25) is 0 Å². The van der Waals surface area contributed by atoms with Crippen LogP contribution in [0, 0.1) is 5.92 Å². The third-order valence-electron chi connectivity index (χ3n) is 1.83. The van der Waals surface area contributed by atoms with Gasteiger partial charge in [-0.1, -0.05) is 13.8 Å². The van der Waals surface area contributed by atoms with Crippen molar-refractivity contribution < 1.29 is 16.8 Å². The van der Waals surface area contributed by atoms with E-state index in [1.54, 1.807) is 0 Å². The summed E-state index contributed by atoms with van der Waals surface area (Å²) in [6.07, 6.45) is 1.16. The van der Waals surface area contributed by atoms with Gasteiger partial charge in [0.15, 0.2) is 9.84 Å². The molecule has 0 fully saturated rings. The summed E-state index contributed by atoms with van der Waals surface area (Å²) in [5.74, 6) is 0.411. The Morgan fingerprint density at radius 2 is 1.50 bits per heavy atom. The largest absolute Gasteiger partial charge is 0.315 e. The molecule has 16 heavy (non-hydrogen) atoms. The molecule has 0 aliphatic heterocycles. The fourth-order valence-electron chi connectivity index (χ4n) is 1.20. The van der Waals surface area contributed by atoms with Crippen molar-refractivity contribution in [2.24, 2.45) is 5.92 Å². The van der Waals surface area contributed by atoms with E-state index in [1.165, 1.54) is 0 Å². The van der Waals surface area contributed by atoms with Gasteiger partial charge in [-0.25, -0.2) is 16.8 Å². The van der Waals surface area contributed by atoms with E-state index < -0.39 is 19.7 Å². The Morgan fingerprint density at radius 1 is 1.00 bits per heavy atom. The van der Waals surface area contributed by atoms with E-state index in [0.717, 1.165) is 6.26 Å². The quantitative estimate of drug-likeness (QED) is 0.613. The van der Waals surface area contributed by atoms with Crippen molar-refractivity contribution in [3.05, 3.63) is 0 Å². The maximum absolute atomic E-state index is 11.4. The normalized spacial score (nSPS) is 13.2. The van der Waals surface area contributed by atoms with Crippen molar-refractivity contribution in [2.75, 3.05) is 36.6 Å². The summed E-state index contributed by atoms with van der Waals surface area (Å²) in [4.78, 5) is 0. The topological polar surface area (TPSA) is 80.3 Å². The highest BCUT2D eigenvalue weighted by atomic mass is 32.2. The molecule has 0 atom stereocenters. The van der Waals surface area contributed by atoms with E-state index in [0.29, 0.717) is 13.1 Å². The van der Waals surface area contributed by atoms with Crippen molar-refractivity contribution in [1.29, 1.82) is 0 Å². The summed E-state index contributed by atoms with van der Waals surface area (Å²) < 4.78 is 44.4. The highest BCUT2D eigenvalue weighted by Gasteiger charge is 2.12. The van der Waals surface area contributed by atoms with Crippen LogP contribution in [0.25, 0.3) is 0 Å². The molecule has 0 bridgehead atoms. The molecule has 0 aromatic heterocycles. The lowest BCUT2D eigenvalue weighted by atomic mass is 10.3. The van der Waals surface area contributed by atoms with Crippen LogP contribution in [-0.4, -0.2) is 53.4 Å². The minimum absolute atomic E-state index is 0.0389. The van der Waals surface area contributed by atoms with Crippen molar-refractivity contribution in [3.8, 4) is 0 Å². The molecule has 98 valence electrons. The van der Waals surface area contributed by atoms with Gasteiger partial charge in [-0.2, -0.15) is 0 Å². The zero-order chi connectivity index (χ0) is 12.8. The lowest BCUT2D eigenvalue weighted by molar-refractivity contribution is 0.578. The van der Waals surface area contributed by atoms with E-state index >= 15 is 0 Å². The maximum Gasteiger partial charge on any atom is 0.151 e. The second-order valence-electron chi connectivity index (χ2n) is 4.39. The van der Waals surface area contributed by atoms with Crippen molar-refractivity contribution in [3.63, 3.8) is 0 Å². The zero-order valence-electron chi connectivity index (χ0n) is 10.1. The predicted molar refractivity (Wildman–Crippen MR) is 66.1 cm³/mol. The van der Waals surface area contributed by atoms with Gasteiger partial charge in [0.25, 0.3) is 0 Å². The fourth-order valence-corrected chi connectivity index (χ4v) is 3.35. The van der Waals surface area contributed by atoms with Gasteiger partial charge >= 0.3 is 0 Å². The summed E-state index contributed by atoms with van der Waals surface area (Å²) in [5.41, 5.74) is 0. The molecule has 5 nitrogen and oxygen atoms in total. The van der Waals surface area contributed by atoms with Crippen LogP contribution in [0.1, 0.15) is 13.8 Å². The Morgan fingerprint density at radius 3 is 1.94 bits per heavy atom. The van der Waals surface area contributed by atoms with Gasteiger partial charge in [-0.05, 0) is 5.92 Å². The Labute approximate surface area is 98.5 Å². The van der Waals surface area contributed by atoms with E-state index in [9.17, 15) is 16.8 Å². The van der Waals surface area contributed by atoms with Gasteiger partial charge in [-0.15, -0.1) is 0 Å². The molecule has 0 saturated heterocycles. The van der Waals surface area contributed by atoms with Crippen LogP contribution >= 0.6 is 0 Å². The molecule has 7 heteroatoms. The molecule has 0 unspecified atom stereocenters. The molecular weight excluding hydrogens is 250 g/mol. The Hall–Kier alpha value is -0.140. The minimum Gasteiger partial charge on any atom is -0.315 e. The summed E-state index contributed by atoms with van der Waals surface area (Å²) in [6.45, 7) is 4.32. The molecule has 0 heterocycles. The van der Waals surface area contributed by atoms with Crippen LogP contribution < -0.4 is 5.32 Å². The smallest absolute Gasteiger partial charge is 0.151 e. The molecule has 0 rings (SSSR count). The second-order valence-corrected chi connectivity index (χ2v) is 8.88. The summed E-state index contributed by atoms with van der Waals surface area (Å²) >= 11 is 0. The number of nitrogens with one attached hydrogen (secondary N) is 1. The van der Waals surface area contributed by atoms with Crippen LogP contribution in [0.3, 0.4) is 0 Å². The highest BCUT2D eigenvalue weighted by molar-refractivity contribution is 7.91. The first-order chi connectivity index (χ1) is 7.12. The maximum atomic E-state index is 11.4. The number of sulfone groups is 2. The van der Waals surface area contributed by atoms with E-state index in [2.05, 4.69) is 5.32 Å². The molecule has 0 aliphatic rings. The van der Waals surface area contributed by atoms with Crippen LogP contribution in [0.4, 0.5) is 0 Å². The standard InChI is InChI=1S/C9H21NO4S2/c1-9(2)8-16(13,14)7-5-10-4-6-15(3,11)12/h9-10H,4-8H2,1-3H3. The van der Waals surface area contributed by atoms with Gasteiger partial charge in [0.05, 0.1) is 17.3 Å². The Balaban J connectivity index is 3.75. The first-order valence-electron chi connectivity index (χ1n) is 5.21. The highest BCUT2D eigenvalue weighted by Crippen LogP contribution is 1.99. The van der Waals surface area contributed by atoms with E-state index in [4.69, 9.17) is 0 Å². The third-order valence-corrected chi connectivity index (χ3v) is 4.77. The first-order valence-corrected chi connectivity index (χ1v) is 9.09. The molecule has 1 N–H and O–H groups in total. The van der Waals surface area contributed by atoms with Gasteiger partial charge < -0.3 is 5.32 Å². The second kappa shape index (κ2) is 6.56. The van der Waals surface area contributed by atoms with Gasteiger partial charge in [0.2, 0.25) is 0 Å². The third kappa shape index (κ3) is 10.4. The van der Waals surface area contributed by atoms with Crippen LogP contribution in [-0.2, 0) is 19.7 Å². The number of hydrogen-bond donors (Lipinski definition) is 1. The molecule has 0 saturated carbocycles. The van der Waals surface area contributed by atoms with Gasteiger partial charge in [0.1, 0.15) is 9.84 Å². The molecule has 0 aliphatic carbocycles. The lowest BCUT2D eigenvalue weighted by Crippen LogP contribution is -2.29. The molecule has 0 radical (unpaired) electrons. The van der Waals surface area contributed by atoms with Crippen molar-refractivity contribution >= 4 is 19.7 Å². The lowest BCUT2D eigenvalue weighted by Gasteiger charge is -2.07.